The minimum atomic E-state index is 0.255. The second kappa shape index (κ2) is 6.31. The Hall–Kier alpha value is -0.910. The van der Waals surface area contributed by atoms with Crippen LogP contribution in [0, 0.1) is 0 Å². The Balaban J connectivity index is 1.89. The number of aliphatic hydroxyl groups is 1. The van der Waals surface area contributed by atoms with Gasteiger partial charge >= 0.3 is 0 Å². The van der Waals surface area contributed by atoms with Gasteiger partial charge in [0.05, 0.1) is 12.2 Å². The highest BCUT2D eigenvalue weighted by Gasteiger charge is 2.24. The van der Waals surface area contributed by atoms with E-state index in [1.807, 2.05) is 6.07 Å². The summed E-state index contributed by atoms with van der Waals surface area (Å²) in [5, 5.41) is 13.1. The summed E-state index contributed by atoms with van der Waals surface area (Å²) in [5.41, 5.74) is 1.02. The number of rotatable bonds is 5. The summed E-state index contributed by atoms with van der Waals surface area (Å²) in [4.78, 5) is 4.70. The standard InChI is InChI=1S/C13H23N3O2/c1-3-11-8-13(18-14-11)10-16-6-5-15(2)12(9-16)4-7-17/h8,12,17H,3-7,9-10H2,1-2H3. The van der Waals surface area contributed by atoms with Crippen molar-refractivity contribution >= 4 is 0 Å². The highest BCUT2D eigenvalue weighted by molar-refractivity contribution is 5.05. The van der Waals surface area contributed by atoms with Crippen molar-refractivity contribution in [2.75, 3.05) is 33.3 Å². The molecular weight excluding hydrogens is 230 g/mol. The van der Waals surface area contributed by atoms with Gasteiger partial charge in [-0.15, -0.1) is 0 Å². The highest BCUT2D eigenvalue weighted by Crippen LogP contribution is 2.14. The minimum Gasteiger partial charge on any atom is -0.396 e. The van der Waals surface area contributed by atoms with Gasteiger partial charge in [0.25, 0.3) is 0 Å². The fourth-order valence-corrected chi connectivity index (χ4v) is 2.43. The van der Waals surface area contributed by atoms with E-state index >= 15 is 0 Å². The molecule has 0 aromatic carbocycles. The number of piperazine rings is 1. The smallest absolute Gasteiger partial charge is 0.150 e. The fourth-order valence-electron chi connectivity index (χ4n) is 2.43. The fraction of sp³-hybridized carbons (Fsp3) is 0.769. The predicted octanol–water partition coefficient (Wildman–Crippen LogP) is 0.735. The van der Waals surface area contributed by atoms with Crippen LogP contribution in [-0.2, 0) is 13.0 Å². The Labute approximate surface area is 108 Å². The number of aryl methyl sites for hydroxylation is 1. The van der Waals surface area contributed by atoms with Gasteiger partial charge in [-0.05, 0) is 19.9 Å². The molecule has 1 atom stereocenters. The topological polar surface area (TPSA) is 52.7 Å². The Morgan fingerprint density at radius 1 is 1.50 bits per heavy atom. The summed E-state index contributed by atoms with van der Waals surface area (Å²) in [6.07, 6.45) is 1.75. The largest absolute Gasteiger partial charge is 0.396 e. The van der Waals surface area contributed by atoms with Crippen LogP contribution >= 0.6 is 0 Å². The van der Waals surface area contributed by atoms with Gasteiger partial charge in [-0.25, -0.2) is 0 Å². The molecule has 0 spiro atoms. The first kappa shape index (κ1) is 13.5. The molecule has 2 heterocycles. The van der Waals surface area contributed by atoms with Gasteiger partial charge in [-0.3, -0.25) is 4.90 Å². The molecule has 1 fully saturated rings. The maximum Gasteiger partial charge on any atom is 0.150 e. The summed E-state index contributed by atoms with van der Waals surface area (Å²) in [7, 11) is 2.13. The van der Waals surface area contributed by atoms with Crippen LogP contribution in [0.3, 0.4) is 0 Å². The monoisotopic (exact) mass is 253 g/mol. The second-order valence-corrected chi connectivity index (χ2v) is 5.02. The first-order valence-corrected chi connectivity index (χ1v) is 6.70. The molecule has 1 aromatic rings. The third-order valence-corrected chi connectivity index (χ3v) is 3.67. The Morgan fingerprint density at radius 3 is 3.00 bits per heavy atom. The molecule has 18 heavy (non-hydrogen) atoms. The molecule has 0 bridgehead atoms. The Bertz CT molecular complexity index is 367. The van der Waals surface area contributed by atoms with Crippen LogP contribution in [0.4, 0.5) is 0 Å². The minimum absolute atomic E-state index is 0.255. The molecular formula is C13H23N3O2. The SMILES string of the molecule is CCc1cc(CN2CCN(C)C(CCO)C2)on1. The summed E-state index contributed by atoms with van der Waals surface area (Å²) in [5.74, 6) is 0.944. The van der Waals surface area contributed by atoms with Crippen molar-refractivity contribution in [1.29, 1.82) is 0 Å². The lowest BCUT2D eigenvalue weighted by molar-refractivity contribution is 0.0690. The number of hydrogen-bond donors (Lipinski definition) is 1. The molecule has 1 aliphatic rings. The number of nitrogens with zero attached hydrogens (tertiary/aromatic N) is 3. The normalized spacial score (nSPS) is 22.5. The van der Waals surface area contributed by atoms with E-state index in [0.29, 0.717) is 6.04 Å². The molecule has 1 aromatic heterocycles. The number of aliphatic hydroxyl groups excluding tert-OH is 1. The van der Waals surface area contributed by atoms with Crippen molar-refractivity contribution in [3.63, 3.8) is 0 Å². The van der Waals surface area contributed by atoms with E-state index in [4.69, 9.17) is 9.63 Å². The van der Waals surface area contributed by atoms with Crippen molar-refractivity contribution in [1.82, 2.24) is 15.0 Å². The van der Waals surface area contributed by atoms with E-state index in [0.717, 1.165) is 50.5 Å². The van der Waals surface area contributed by atoms with Crippen LogP contribution in [-0.4, -0.2) is 59.4 Å². The lowest BCUT2D eigenvalue weighted by atomic mass is 10.1. The summed E-state index contributed by atoms with van der Waals surface area (Å²) < 4.78 is 5.33. The van der Waals surface area contributed by atoms with Gasteiger partial charge < -0.3 is 14.5 Å². The van der Waals surface area contributed by atoms with E-state index in [1.165, 1.54) is 0 Å². The van der Waals surface area contributed by atoms with Gasteiger partial charge in [0.1, 0.15) is 0 Å². The van der Waals surface area contributed by atoms with E-state index in [2.05, 4.69) is 28.9 Å². The summed E-state index contributed by atoms with van der Waals surface area (Å²) in [6.45, 7) is 6.22. The second-order valence-electron chi connectivity index (χ2n) is 5.02. The molecule has 102 valence electrons. The molecule has 1 N–H and O–H groups in total. The molecule has 5 heteroatoms. The molecule has 1 unspecified atom stereocenters. The van der Waals surface area contributed by atoms with Crippen LogP contribution in [0.2, 0.25) is 0 Å². The summed E-state index contributed by atoms with van der Waals surface area (Å²) in [6, 6.07) is 2.48. The third-order valence-electron chi connectivity index (χ3n) is 3.67. The van der Waals surface area contributed by atoms with Crippen molar-refractivity contribution in [3.05, 3.63) is 17.5 Å². The van der Waals surface area contributed by atoms with Crippen molar-refractivity contribution < 1.29 is 9.63 Å². The van der Waals surface area contributed by atoms with Crippen LogP contribution in [0.1, 0.15) is 24.8 Å². The van der Waals surface area contributed by atoms with Gasteiger partial charge in [-0.2, -0.15) is 0 Å². The van der Waals surface area contributed by atoms with E-state index < -0.39 is 0 Å². The number of hydrogen-bond acceptors (Lipinski definition) is 5. The average molecular weight is 253 g/mol. The molecule has 0 radical (unpaired) electrons. The molecule has 5 nitrogen and oxygen atoms in total. The molecule has 0 amide bonds. The van der Waals surface area contributed by atoms with E-state index in [9.17, 15) is 0 Å². The van der Waals surface area contributed by atoms with Crippen molar-refractivity contribution in [2.24, 2.45) is 0 Å². The quantitative estimate of drug-likeness (QED) is 0.838. The molecule has 0 saturated carbocycles. The zero-order chi connectivity index (χ0) is 13.0. The first-order valence-electron chi connectivity index (χ1n) is 6.70. The highest BCUT2D eigenvalue weighted by atomic mass is 16.5. The van der Waals surface area contributed by atoms with E-state index in [-0.39, 0.29) is 6.61 Å². The van der Waals surface area contributed by atoms with Crippen LogP contribution in [0.25, 0.3) is 0 Å². The molecule has 0 aliphatic carbocycles. The van der Waals surface area contributed by atoms with Crippen LogP contribution in [0.15, 0.2) is 10.6 Å². The molecule has 1 saturated heterocycles. The zero-order valence-electron chi connectivity index (χ0n) is 11.3. The first-order chi connectivity index (χ1) is 8.72. The zero-order valence-corrected chi connectivity index (χ0v) is 11.3. The third kappa shape index (κ3) is 3.31. The average Bonchev–Trinajstić information content (AvgIpc) is 2.81. The molecule has 1 aliphatic heterocycles. The van der Waals surface area contributed by atoms with Crippen molar-refractivity contribution in [3.8, 4) is 0 Å². The Morgan fingerprint density at radius 2 is 2.33 bits per heavy atom. The van der Waals surface area contributed by atoms with Gasteiger partial charge in [0.15, 0.2) is 5.76 Å². The Kier molecular flexibility index (Phi) is 4.74. The van der Waals surface area contributed by atoms with Crippen molar-refractivity contribution in [2.45, 2.75) is 32.4 Å². The number of aromatic nitrogens is 1. The molecule has 2 rings (SSSR count). The maximum absolute atomic E-state index is 9.07. The van der Waals surface area contributed by atoms with Crippen LogP contribution in [0.5, 0.6) is 0 Å². The summed E-state index contributed by atoms with van der Waals surface area (Å²) >= 11 is 0. The maximum atomic E-state index is 9.07. The van der Waals surface area contributed by atoms with Gasteiger partial charge in [0, 0.05) is 38.3 Å². The van der Waals surface area contributed by atoms with Gasteiger partial charge in [0.2, 0.25) is 0 Å². The van der Waals surface area contributed by atoms with Crippen LogP contribution < -0.4 is 0 Å². The number of likely N-dealkylation sites (N-methyl/N-ethyl adjacent to an activating group) is 1. The lowest BCUT2D eigenvalue weighted by Gasteiger charge is -2.38. The predicted molar refractivity (Wildman–Crippen MR) is 69.3 cm³/mol. The van der Waals surface area contributed by atoms with Gasteiger partial charge in [-0.1, -0.05) is 12.1 Å². The van der Waals surface area contributed by atoms with E-state index in [1.54, 1.807) is 0 Å². The lowest BCUT2D eigenvalue weighted by Crippen LogP contribution is -2.51.